The number of nitrogens with one attached hydrogen (secondary N) is 2. The Morgan fingerprint density at radius 1 is 0.925 bits per heavy atom. The van der Waals surface area contributed by atoms with Gasteiger partial charge in [0.05, 0.1) is 22.3 Å². The van der Waals surface area contributed by atoms with Crippen molar-refractivity contribution in [3.05, 3.63) is 86.9 Å². The van der Waals surface area contributed by atoms with Gasteiger partial charge in [0.15, 0.2) is 18.1 Å². The smallest absolute Gasteiger partial charge is 0.335 e. The molecule has 0 atom stereocenters. The Morgan fingerprint density at radius 2 is 1.70 bits per heavy atom. The first-order valence-electron chi connectivity index (χ1n) is 12.2. The zero-order chi connectivity index (χ0) is 29.0. The Labute approximate surface area is 240 Å². The maximum absolute atomic E-state index is 13.3. The zero-order valence-corrected chi connectivity index (χ0v) is 23.4. The van der Waals surface area contributed by atoms with Crippen LogP contribution in [0.25, 0.3) is 6.08 Å². The number of rotatable bonds is 8. The van der Waals surface area contributed by atoms with Crippen molar-refractivity contribution in [2.45, 2.75) is 20.8 Å². The molecule has 0 saturated carbocycles. The number of amides is 5. The van der Waals surface area contributed by atoms with Crippen LogP contribution in [0.15, 0.2) is 60.2 Å². The van der Waals surface area contributed by atoms with E-state index < -0.39 is 23.8 Å². The number of hydrogen-bond donors (Lipinski definition) is 2. The molecule has 1 heterocycles. The Balaban J connectivity index is 1.53. The number of halogens is 2. The summed E-state index contributed by atoms with van der Waals surface area (Å²) in [5.41, 5.74) is 2.92. The summed E-state index contributed by atoms with van der Waals surface area (Å²) in [5, 5.41) is 5.55. The summed E-state index contributed by atoms with van der Waals surface area (Å²) in [6.45, 7) is 5.52. The third-order valence-corrected chi connectivity index (χ3v) is 6.73. The van der Waals surface area contributed by atoms with Crippen molar-refractivity contribution in [2.24, 2.45) is 0 Å². The number of imide groups is 2. The third kappa shape index (κ3) is 6.44. The number of carbonyl (C=O) groups is 4. The first-order valence-corrected chi connectivity index (χ1v) is 13.0. The lowest BCUT2D eigenvalue weighted by Gasteiger charge is -2.27. The van der Waals surface area contributed by atoms with Crippen LogP contribution in [0.3, 0.4) is 0 Å². The maximum Gasteiger partial charge on any atom is 0.335 e. The van der Waals surface area contributed by atoms with Crippen molar-refractivity contribution >= 4 is 64.4 Å². The van der Waals surface area contributed by atoms with Gasteiger partial charge in [0.2, 0.25) is 0 Å². The number of carbonyl (C=O) groups excluding carboxylic acids is 4. The Kier molecular flexibility index (Phi) is 8.77. The molecule has 1 aliphatic heterocycles. The Bertz CT molecular complexity index is 1550. The van der Waals surface area contributed by atoms with Gasteiger partial charge in [0.1, 0.15) is 5.57 Å². The fraction of sp³-hybridized carbons (Fsp3) is 0.172. The van der Waals surface area contributed by atoms with Gasteiger partial charge in [-0.3, -0.25) is 19.7 Å². The lowest BCUT2D eigenvalue weighted by atomic mass is 10.0. The molecule has 3 aromatic rings. The summed E-state index contributed by atoms with van der Waals surface area (Å²) >= 11 is 11.9. The third-order valence-electron chi connectivity index (χ3n) is 5.99. The molecule has 5 amide bonds. The van der Waals surface area contributed by atoms with Crippen LogP contribution in [0.1, 0.15) is 23.6 Å². The number of benzene rings is 3. The van der Waals surface area contributed by atoms with Crippen LogP contribution in [0.4, 0.5) is 16.2 Å². The predicted octanol–water partition coefficient (Wildman–Crippen LogP) is 5.69. The van der Waals surface area contributed by atoms with Crippen LogP contribution in [0.2, 0.25) is 10.0 Å². The van der Waals surface area contributed by atoms with E-state index in [-0.39, 0.29) is 17.9 Å². The van der Waals surface area contributed by atoms with Gasteiger partial charge < -0.3 is 14.8 Å². The first kappa shape index (κ1) is 28.7. The van der Waals surface area contributed by atoms with E-state index in [0.29, 0.717) is 39.3 Å². The molecule has 11 heteroatoms. The Hall–Kier alpha value is -4.34. The van der Waals surface area contributed by atoms with Crippen LogP contribution in [-0.4, -0.2) is 37.0 Å². The summed E-state index contributed by atoms with van der Waals surface area (Å²) in [5.74, 6) is -1.43. The highest BCUT2D eigenvalue weighted by atomic mass is 35.5. The van der Waals surface area contributed by atoms with Crippen molar-refractivity contribution in [1.29, 1.82) is 0 Å². The van der Waals surface area contributed by atoms with Gasteiger partial charge in [0.25, 0.3) is 17.7 Å². The quantitative estimate of drug-likeness (QED) is 0.261. The normalized spacial score (nSPS) is 14.3. The molecule has 0 unspecified atom stereocenters. The van der Waals surface area contributed by atoms with Crippen molar-refractivity contribution in [1.82, 2.24) is 5.32 Å². The van der Waals surface area contributed by atoms with Gasteiger partial charge >= 0.3 is 6.03 Å². The monoisotopic (exact) mass is 581 g/mol. The molecule has 9 nitrogen and oxygen atoms in total. The second kappa shape index (κ2) is 12.2. The second-order valence-corrected chi connectivity index (χ2v) is 9.65. The molecule has 3 aromatic carbocycles. The lowest BCUT2D eigenvalue weighted by Crippen LogP contribution is -2.54. The van der Waals surface area contributed by atoms with Crippen LogP contribution in [0.5, 0.6) is 11.5 Å². The summed E-state index contributed by atoms with van der Waals surface area (Å²) in [7, 11) is 0. The average molecular weight is 582 g/mol. The molecule has 40 heavy (non-hydrogen) atoms. The predicted molar refractivity (Wildman–Crippen MR) is 153 cm³/mol. The van der Waals surface area contributed by atoms with Gasteiger partial charge in [-0.1, -0.05) is 35.3 Å². The fourth-order valence-electron chi connectivity index (χ4n) is 3.84. The molecular formula is C29H25Cl2N3O6. The van der Waals surface area contributed by atoms with Gasteiger partial charge in [-0.05, 0) is 86.0 Å². The molecule has 1 saturated heterocycles. The Morgan fingerprint density at radius 3 is 2.40 bits per heavy atom. The van der Waals surface area contributed by atoms with E-state index in [1.807, 2.05) is 13.8 Å². The molecule has 0 aliphatic carbocycles. The van der Waals surface area contributed by atoms with Gasteiger partial charge in [-0.2, -0.15) is 0 Å². The van der Waals surface area contributed by atoms with Crippen LogP contribution in [-0.2, 0) is 14.4 Å². The largest absolute Gasteiger partial charge is 0.490 e. The molecule has 0 bridgehead atoms. The summed E-state index contributed by atoms with van der Waals surface area (Å²) < 4.78 is 11.3. The highest BCUT2D eigenvalue weighted by Gasteiger charge is 2.37. The van der Waals surface area contributed by atoms with E-state index in [1.165, 1.54) is 12.1 Å². The van der Waals surface area contributed by atoms with E-state index in [2.05, 4.69) is 10.6 Å². The maximum atomic E-state index is 13.3. The van der Waals surface area contributed by atoms with Crippen LogP contribution in [0, 0.1) is 13.8 Å². The topological polar surface area (TPSA) is 114 Å². The highest BCUT2D eigenvalue weighted by molar-refractivity contribution is 6.42. The number of nitrogens with zero attached hydrogens (tertiary/aromatic N) is 1. The summed E-state index contributed by atoms with van der Waals surface area (Å²) in [4.78, 5) is 51.7. The highest BCUT2D eigenvalue weighted by Crippen LogP contribution is 2.31. The van der Waals surface area contributed by atoms with E-state index >= 15 is 0 Å². The van der Waals surface area contributed by atoms with Crippen molar-refractivity contribution in [3.8, 4) is 11.5 Å². The molecule has 206 valence electrons. The van der Waals surface area contributed by atoms with E-state index in [9.17, 15) is 19.2 Å². The molecule has 0 aromatic heterocycles. The van der Waals surface area contributed by atoms with Crippen LogP contribution >= 0.6 is 23.2 Å². The minimum Gasteiger partial charge on any atom is -0.490 e. The fourth-order valence-corrected chi connectivity index (χ4v) is 4.14. The zero-order valence-electron chi connectivity index (χ0n) is 21.8. The lowest BCUT2D eigenvalue weighted by molar-refractivity contribution is -0.122. The number of urea groups is 1. The number of barbiturate groups is 1. The number of ether oxygens (including phenoxy) is 2. The van der Waals surface area contributed by atoms with Crippen LogP contribution < -0.4 is 25.0 Å². The van der Waals surface area contributed by atoms with E-state index in [1.54, 1.807) is 55.5 Å². The second-order valence-electron chi connectivity index (χ2n) is 8.83. The standard InChI is InChI=1S/C29H25Cl2N3O6/c1-4-39-25-13-18(6-10-24(25)40-15-26(35)32-19-7-9-22(30)23(31)14-19)12-21-27(36)33-29(38)34(28(21)37)20-8-5-16(2)17(3)11-20/h5-14H,4,15H2,1-3H3,(H,32,35)(H,33,36,38)/b21-12-. The molecule has 4 rings (SSSR count). The molecule has 2 N–H and O–H groups in total. The minimum absolute atomic E-state index is 0.227. The van der Waals surface area contributed by atoms with E-state index in [4.69, 9.17) is 32.7 Å². The van der Waals surface area contributed by atoms with Gasteiger partial charge in [-0.15, -0.1) is 0 Å². The summed E-state index contributed by atoms with van der Waals surface area (Å²) in [6.07, 6.45) is 1.36. The van der Waals surface area contributed by atoms with Gasteiger partial charge in [-0.25, -0.2) is 9.69 Å². The molecular weight excluding hydrogens is 557 g/mol. The molecule has 0 radical (unpaired) electrons. The minimum atomic E-state index is -0.826. The number of aryl methyl sites for hydroxylation is 2. The first-order chi connectivity index (χ1) is 19.1. The average Bonchev–Trinajstić information content (AvgIpc) is 2.90. The molecule has 1 fully saturated rings. The summed E-state index contributed by atoms with van der Waals surface area (Å²) in [6, 6.07) is 13.7. The number of hydrogen-bond acceptors (Lipinski definition) is 6. The van der Waals surface area contributed by atoms with Crippen molar-refractivity contribution < 1.29 is 28.7 Å². The van der Waals surface area contributed by atoms with E-state index in [0.717, 1.165) is 16.0 Å². The molecule has 1 aliphatic rings. The van der Waals surface area contributed by atoms with Crippen molar-refractivity contribution in [2.75, 3.05) is 23.4 Å². The SMILES string of the molecule is CCOc1cc(/C=C2/C(=O)NC(=O)N(c3ccc(C)c(C)c3)C2=O)ccc1OCC(=O)Nc1ccc(Cl)c(Cl)c1. The number of anilines is 2. The van der Waals surface area contributed by atoms with Gasteiger partial charge in [0, 0.05) is 5.69 Å². The molecule has 0 spiro atoms. The van der Waals surface area contributed by atoms with Crippen molar-refractivity contribution in [3.63, 3.8) is 0 Å².